The van der Waals surface area contributed by atoms with E-state index in [-0.39, 0.29) is 54.2 Å². The Balaban J connectivity index is 2.28. The molecule has 1 aromatic carbocycles. The van der Waals surface area contributed by atoms with Gasteiger partial charge >= 0.3 is 5.97 Å². The third-order valence-electron chi connectivity index (χ3n) is 11.2. The maximum atomic E-state index is 14.2. The van der Waals surface area contributed by atoms with Crippen LogP contribution in [0.1, 0.15) is 86.1 Å². The fraction of sp³-hybridized carbons (Fsp3) is 0.725. The summed E-state index contributed by atoms with van der Waals surface area (Å²) in [6, 6.07) is 8.35. The minimum absolute atomic E-state index is 0.0205. The van der Waals surface area contributed by atoms with Crippen LogP contribution in [0.25, 0.3) is 0 Å². The van der Waals surface area contributed by atoms with E-state index in [1.54, 1.807) is 33.2 Å². The minimum Gasteiger partial charge on any atom is -0.467 e. The number of carbonyl (C=O) groups excluding carboxylic acids is 4. The van der Waals surface area contributed by atoms with Gasteiger partial charge in [-0.25, -0.2) is 4.79 Å². The van der Waals surface area contributed by atoms with E-state index in [9.17, 15) is 19.2 Å². The van der Waals surface area contributed by atoms with Gasteiger partial charge in [0.2, 0.25) is 11.8 Å². The molecule has 2 rings (SSSR count). The number of thiocarbonyl (C=S) groups is 1. The second kappa shape index (κ2) is 21.1. The number of likely N-dealkylation sites (tertiary alicyclic amines) is 1. The standard InChI is InChI=1S/C40H66N4O7S/c1-13-26(4)35(43(9)38(47)29(25(2)3)23-33(45)40(6,7)41-8)32(49-10)24-34(46)44-21-17-20-31(44)36(50-11)27(5)37(52)42-30(39(48)51-12)22-28-18-15-14-16-19-28/h14-16,18-19,25-27,29-32,35-36,41H,13,17,20-24H2,1-12H3,(H,42,52)/t26-,27+,29-,30-,31-,32+,35-,36+/m0/s1. The lowest BCUT2D eigenvalue weighted by atomic mass is 9.83. The Morgan fingerprint density at radius 2 is 1.65 bits per heavy atom. The van der Waals surface area contributed by atoms with Crippen LogP contribution in [0, 0.1) is 23.7 Å². The van der Waals surface area contributed by atoms with Gasteiger partial charge < -0.3 is 34.6 Å². The average molecular weight is 747 g/mol. The maximum Gasteiger partial charge on any atom is 0.328 e. The van der Waals surface area contributed by atoms with Gasteiger partial charge in [0.05, 0.1) is 48.3 Å². The number of amides is 2. The van der Waals surface area contributed by atoms with Crippen molar-refractivity contribution in [3.05, 3.63) is 35.9 Å². The van der Waals surface area contributed by atoms with Gasteiger partial charge in [-0.2, -0.15) is 0 Å². The first kappa shape index (κ1) is 45.2. The lowest BCUT2D eigenvalue weighted by Gasteiger charge is -2.41. The third-order valence-corrected chi connectivity index (χ3v) is 11.7. The summed E-state index contributed by atoms with van der Waals surface area (Å²) in [5.41, 5.74) is 0.219. The van der Waals surface area contributed by atoms with Crippen molar-refractivity contribution in [3.8, 4) is 0 Å². The summed E-state index contributed by atoms with van der Waals surface area (Å²) in [6.07, 6.45) is 1.91. The number of benzene rings is 1. The zero-order chi connectivity index (χ0) is 39.3. The number of hydrogen-bond acceptors (Lipinski definition) is 9. The summed E-state index contributed by atoms with van der Waals surface area (Å²) < 4.78 is 17.2. The monoisotopic (exact) mass is 746 g/mol. The number of methoxy groups -OCH3 is 3. The van der Waals surface area contributed by atoms with Crippen LogP contribution < -0.4 is 10.6 Å². The van der Waals surface area contributed by atoms with Gasteiger partial charge in [0.25, 0.3) is 0 Å². The van der Waals surface area contributed by atoms with Crippen molar-refractivity contribution in [1.29, 1.82) is 0 Å². The van der Waals surface area contributed by atoms with Crippen molar-refractivity contribution in [1.82, 2.24) is 20.4 Å². The number of rotatable bonds is 21. The van der Waals surface area contributed by atoms with Crippen molar-refractivity contribution in [3.63, 3.8) is 0 Å². The topological polar surface area (TPSA) is 127 Å². The van der Waals surface area contributed by atoms with E-state index in [1.807, 2.05) is 69.9 Å². The van der Waals surface area contributed by atoms with E-state index in [4.69, 9.17) is 26.4 Å². The first-order valence-corrected chi connectivity index (χ1v) is 19.2. The third kappa shape index (κ3) is 11.8. The first-order chi connectivity index (χ1) is 24.5. The van der Waals surface area contributed by atoms with Gasteiger partial charge in [0, 0.05) is 52.5 Å². The summed E-state index contributed by atoms with van der Waals surface area (Å²) in [5.74, 6) is -1.52. The minimum atomic E-state index is -0.752. The fourth-order valence-corrected chi connectivity index (χ4v) is 7.54. The lowest BCUT2D eigenvalue weighted by Crippen LogP contribution is -2.55. The van der Waals surface area contributed by atoms with Crippen molar-refractivity contribution < 1.29 is 33.4 Å². The molecule has 0 aliphatic carbocycles. The van der Waals surface area contributed by atoms with Gasteiger partial charge in [0.1, 0.15) is 6.04 Å². The second-order valence-corrected chi connectivity index (χ2v) is 15.7. The molecule has 1 heterocycles. The molecule has 8 atom stereocenters. The van der Waals surface area contributed by atoms with Crippen LogP contribution in [0.5, 0.6) is 0 Å². The smallest absolute Gasteiger partial charge is 0.328 e. The van der Waals surface area contributed by atoms with Gasteiger partial charge in [-0.05, 0) is 51.1 Å². The zero-order valence-corrected chi connectivity index (χ0v) is 34.5. The van der Waals surface area contributed by atoms with E-state index in [0.29, 0.717) is 18.0 Å². The Bertz CT molecular complexity index is 1330. The van der Waals surface area contributed by atoms with Crippen LogP contribution in [0.15, 0.2) is 30.3 Å². The molecule has 0 aromatic heterocycles. The molecule has 0 radical (unpaired) electrons. The highest BCUT2D eigenvalue weighted by atomic mass is 32.1. The molecule has 0 bridgehead atoms. The molecule has 0 saturated carbocycles. The molecule has 2 amide bonds. The molecule has 294 valence electrons. The van der Waals surface area contributed by atoms with E-state index < -0.39 is 41.7 Å². The maximum absolute atomic E-state index is 14.2. The van der Waals surface area contributed by atoms with Crippen molar-refractivity contribution in [2.45, 2.75) is 123 Å². The summed E-state index contributed by atoms with van der Waals surface area (Å²) in [4.78, 5) is 58.4. The van der Waals surface area contributed by atoms with Crippen molar-refractivity contribution >= 4 is 40.8 Å². The SMILES string of the molecule is CC[C@H](C)[C@@H]([C@@H](CC(=O)N1CCC[C@H]1[C@H](OC)[C@@H](C)C(=S)N[C@@H](Cc1ccccc1)C(=O)OC)OC)N(C)C(=O)[C@@H](CC(=O)C(C)(C)NC)C(C)C. The van der Waals surface area contributed by atoms with E-state index in [1.165, 1.54) is 7.11 Å². The molecule has 1 aliphatic heterocycles. The van der Waals surface area contributed by atoms with Gasteiger partial charge in [-0.15, -0.1) is 0 Å². The quantitative estimate of drug-likeness (QED) is 0.133. The van der Waals surface area contributed by atoms with Gasteiger partial charge in [-0.3, -0.25) is 14.4 Å². The highest BCUT2D eigenvalue weighted by Gasteiger charge is 2.43. The predicted molar refractivity (Wildman–Crippen MR) is 209 cm³/mol. The Labute approximate surface area is 318 Å². The number of Topliss-reactive ketones (excluding diaryl/α,β-unsaturated/α-hetero) is 1. The molecular formula is C40H66N4O7S. The number of carbonyl (C=O) groups is 4. The summed E-state index contributed by atoms with van der Waals surface area (Å²) in [7, 11) is 8.08. The van der Waals surface area contributed by atoms with Crippen LogP contribution in [0.3, 0.4) is 0 Å². The van der Waals surface area contributed by atoms with Gasteiger partial charge in [0.15, 0.2) is 5.78 Å². The number of nitrogens with one attached hydrogen (secondary N) is 2. The number of ether oxygens (including phenoxy) is 3. The second-order valence-electron chi connectivity index (χ2n) is 15.2. The molecule has 2 N–H and O–H groups in total. The van der Waals surface area contributed by atoms with Crippen LogP contribution in [0.4, 0.5) is 0 Å². The Morgan fingerprint density at radius 1 is 1.02 bits per heavy atom. The predicted octanol–water partition coefficient (Wildman–Crippen LogP) is 4.84. The summed E-state index contributed by atoms with van der Waals surface area (Å²) in [5, 5.41) is 6.28. The molecule has 0 spiro atoms. The zero-order valence-electron chi connectivity index (χ0n) is 33.7. The molecule has 1 fully saturated rings. The fourth-order valence-electron chi connectivity index (χ4n) is 7.26. The largest absolute Gasteiger partial charge is 0.467 e. The van der Waals surface area contributed by atoms with Crippen LogP contribution in [-0.2, 0) is 39.8 Å². The normalized spacial score (nSPS) is 18.9. The highest BCUT2D eigenvalue weighted by molar-refractivity contribution is 7.80. The van der Waals surface area contributed by atoms with Gasteiger partial charge in [-0.1, -0.05) is 83.6 Å². The molecule has 52 heavy (non-hydrogen) atoms. The first-order valence-electron chi connectivity index (χ1n) is 18.7. The molecule has 1 saturated heterocycles. The molecule has 11 nitrogen and oxygen atoms in total. The molecular weight excluding hydrogens is 681 g/mol. The lowest BCUT2D eigenvalue weighted by molar-refractivity contribution is -0.148. The van der Waals surface area contributed by atoms with Crippen LogP contribution in [0.2, 0.25) is 0 Å². The Morgan fingerprint density at radius 3 is 2.17 bits per heavy atom. The number of hydrogen-bond donors (Lipinski definition) is 2. The number of likely N-dealkylation sites (N-methyl/N-ethyl adjacent to an activating group) is 2. The van der Waals surface area contributed by atoms with E-state index >= 15 is 0 Å². The molecule has 0 unspecified atom stereocenters. The van der Waals surface area contributed by atoms with Crippen LogP contribution in [-0.4, -0.2) is 116 Å². The number of nitrogens with zero attached hydrogens (tertiary/aromatic N) is 2. The number of esters is 1. The van der Waals surface area contributed by atoms with Crippen LogP contribution >= 0.6 is 12.2 Å². The Kier molecular flexibility index (Phi) is 18.3. The van der Waals surface area contributed by atoms with E-state index in [2.05, 4.69) is 24.5 Å². The average Bonchev–Trinajstić information content (AvgIpc) is 3.62. The summed E-state index contributed by atoms with van der Waals surface area (Å²) >= 11 is 5.84. The molecule has 1 aromatic rings. The van der Waals surface area contributed by atoms with E-state index in [0.717, 1.165) is 24.8 Å². The van der Waals surface area contributed by atoms with Crippen molar-refractivity contribution in [2.75, 3.05) is 42.0 Å². The highest BCUT2D eigenvalue weighted by Crippen LogP contribution is 2.31. The Hall–Kier alpha value is -2.93. The molecule has 12 heteroatoms. The molecule has 1 aliphatic rings. The van der Waals surface area contributed by atoms with Crippen molar-refractivity contribution in [2.24, 2.45) is 23.7 Å². The summed E-state index contributed by atoms with van der Waals surface area (Å²) in [6.45, 7) is 14.2. The number of ketones is 1.